The van der Waals surface area contributed by atoms with E-state index in [9.17, 15) is 17.6 Å². The van der Waals surface area contributed by atoms with Crippen LogP contribution in [0.4, 0.5) is 10.1 Å². The lowest BCUT2D eigenvalue weighted by Gasteiger charge is -2.32. The summed E-state index contributed by atoms with van der Waals surface area (Å²) in [6, 6.07) is 2.62. The molecule has 1 aliphatic rings. The average molecular weight is 316 g/mol. The Morgan fingerprint density at radius 1 is 1.43 bits per heavy atom. The van der Waals surface area contributed by atoms with E-state index in [0.717, 1.165) is 10.4 Å². The maximum Gasteiger partial charge on any atom is 0.322 e. The van der Waals surface area contributed by atoms with E-state index < -0.39 is 28.0 Å². The van der Waals surface area contributed by atoms with Crippen LogP contribution in [0.5, 0.6) is 0 Å². The van der Waals surface area contributed by atoms with Gasteiger partial charge in [-0.15, -0.1) is 0 Å². The molecule has 8 heteroatoms. The summed E-state index contributed by atoms with van der Waals surface area (Å²) in [7, 11) is -3.99. The van der Waals surface area contributed by atoms with E-state index in [4.69, 9.17) is 5.11 Å². The minimum absolute atomic E-state index is 0.159. The molecule has 0 saturated carbocycles. The van der Waals surface area contributed by atoms with Crippen LogP contribution in [-0.2, 0) is 15.0 Å². The molecule has 1 aliphatic heterocycles. The Morgan fingerprint density at radius 3 is 2.76 bits per heavy atom. The number of carboxylic acids is 1. The molecule has 116 valence electrons. The second kappa shape index (κ2) is 5.98. The average Bonchev–Trinajstić information content (AvgIpc) is 2.42. The van der Waals surface area contributed by atoms with Gasteiger partial charge in [0.2, 0.25) is 0 Å². The molecule has 1 aromatic carbocycles. The number of nitrogens with one attached hydrogen (secondary N) is 1. The van der Waals surface area contributed by atoms with Crippen LogP contribution in [0, 0.1) is 12.7 Å². The Kier molecular flexibility index (Phi) is 4.48. The summed E-state index contributed by atoms with van der Waals surface area (Å²) in [4.78, 5) is 11.2. The minimum atomic E-state index is -3.99. The van der Waals surface area contributed by atoms with Crippen molar-refractivity contribution in [3.63, 3.8) is 0 Å². The van der Waals surface area contributed by atoms with E-state index >= 15 is 0 Å². The highest BCUT2D eigenvalue weighted by Crippen LogP contribution is 2.24. The monoisotopic (exact) mass is 316 g/mol. The number of carbonyl (C=O) groups is 1. The van der Waals surface area contributed by atoms with Crippen molar-refractivity contribution >= 4 is 21.9 Å². The third-order valence-corrected chi connectivity index (χ3v) is 5.01. The van der Waals surface area contributed by atoms with Gasteiger partial charge in [0.15, 0.2) is 0 Å². The summed E-state index contributed by atoms with van der Waals surface area (Å²) in [5.74, 6) is -1.62. The molecular weight excluding hydrogens is 299 g/mol. The topological polar surface area (TPSA) is 86.7 Å². The molecule has 1 aromatic rings. The van der Waals surface area contributed by atoms with E-state index in [1.807, 2.05) is 0 Å². The number of anilines is 1. The zero-order chi connectivity index (χ0) is 15.6. The van der Waals surface area contributed by atoms with Crippen LogP contribution in [0.2, 0.25) is 0 Å². The Bertz CT molecular complexity index is 648. The highest BCUT2D eigenvalue weighted by Gasteiger charge is 2.36. The maximum atomic E-state index is 13.0. The molecular formula is C13H17FN2O4S. The summed E-state index contributed by atoms with van der Waals surface area (Å²) in [6.45, 7) is 1.73. The molecule has 1 heterocycles. The fourth-order valence-electron chi connectivity index (χ4n) is 2.38. The van der Waals surface area contributed by atoms with E-state index in [0.29, 0.717) is 24.8 Å². The number of hydrogen-bond donors (Lipinski definition) is 2. The summed E-state index contributed by atoms with van der Waals surface area (Å²) in [6.07, 6.45) is 1.59. The molecule has 1 atom stereocenters. The molecule has 6 nitrogen and oxygen atoms in total. The van der Waals surface area contributed by atoms with Crippen molar-refractivity contribution in [2.45, 2.75) is 32.2 Å². The zero-order valence-corrected chi connectivity index (χ0v) is 12.4. The van der Waals surface area contributed by atoms with Crippen LogP contribution >= 0.6 is 0 Å². The summed E-state index contributed by atoms with van der Waals surface area (Å²) < 4.78 is 41.1. The molecule has 1 unspecified atom stereocenters. The molecule has 21 heavy (non-hydrogen) atoms. The molecule has 1 fully saturated rings. The van der Waals surface area contributed by atoms with Crippen LogP contribution in [0.1, 0.15) is 24.8 Å². The molecule has 0 amide bonds. The predicted octanol–water partition coefficient (Wildman–Crippen LogP) is 1.73. The van der Waals surface area contributed by atoms with Crippen LogP contribution in [0.25, 0.3) is 0 Å². The molecule has 0 spiro atoms. The molecule has 0 aliphatic carbocycles. The predicted molar refractivity (Wildman–Crippen MR) is 75.7 cm³/mol. The highest BCUT2D eigenvalue weighted by molar-refractivity contribution is 7.90. The lowest BCUT2D eigenvalue weighted by Crippen LogP contribution is -2.50. The van der Waals surface area contributed by atoms with Gasteiger partial charge in [0.1, 0.15) is 11.9 Å². The van der Waals surface area contributed by atoms with Crippen molar-refractivity contribution in [1.29, 1.82) is 0 Å². The van der Waals surface area contributed by atoms with Gasteiger partial charge in [-0.2, -0.15) is 12.7 Å². The fourth-order valence-corrected chi connectivity index (χ4v) is 3.90. The van der Waals surface area contributed by atoms with E-state index in [-0.39, 0.29) is 12.2 Å². The molecule has 0 bridgehead atoms. The van der Waals surface area contributed by atoms with Gasteiger partial charge >= 0.3 is 16.2 Å². The van der Waals surface area contributed by atoms with Crippen molar-refractivity contribution in [2.24, 2.45) is 0 Å². The highest BCUT2D eigenvalue weighted by atomic mass is 32.2. The van der Waals surface area contributed by atoms with Gasteiger partial charge in [0.05, 0.1) is 5.69 Å². The third-order valence-electron chi connectivity index (χ3n) is 3.47. The lowest BCUT2D eigenvalue weighted by atomic mass is 10.1. The minimum Gasteiger partial charge on any atom is -0.480 e. The van der Waals surface area contributed by atoms with Gasteiger partial charge in [0.25, 0.3) is 0 Å². The Morgan fingerprint density at radius 2 is 2.14 bits per heavy atom. The fraction of sp³-hybridized carbons (Fsp3) is 0.462. The molecule has 0 radical (unpaired) electrons. The van der Waals surface area contributed by atoms with Gasteiger partial charge in [-0.05, 0) is 49.9 Å². The van der Waals surface area contributed by atoms with Crippen LogP contribution in [0.3, 0.4) is 0 Å². The van der Waals surface area contributed by atoms with Crippen molar-refractivity contribution in [1.82, 2.24) is 4.31 Å². The number of aliphatic carboxylic acids is 1. The number of halogens is 1. The van der Waals surface area contributed by atoms with E-state index in [2.05, 4.69) is 4.72 Å². The first-order chi connectivity index (χ1) is 9.81. The SMILES string of the molecule is Cc1cc(F)ccc1NS(=O)(=O)N1CCCCC1C(=O)O. The summed E-state index contributed by atoms with van der Waals surface area (Å²) in [5.41, 5.74) is 0.675. The number of nitrogens with zero attached hydrogens (tertiary/aromatic N) is 1. The second-order valence-corrected chi connectivity index (χ2v) is 6.65. The Labute approximate surface area is 122 Å². The van der Waals surface area contributed by atoms with Crippen molar-refractivity contribution in [2.75, 3.05) is 11.3 Å². The van der Waals surface area contributed by atoms with Crippen molar-refractivity contribution in [3.05, 3.63) is 29.6 Å². The number of piperidine rings is 1. The smallest absolute Gasteiger partial charge is 0.322 e. The molecule has 2 N–H and O–H groups in total. The standard InChI is InChI=1S/C13H17FN2O4S/c1-9-8-10(14)5-6-11(9)15-21(19,20)16-7-3-2-4-12(16)13(17)18/h5-6,8,12,15H,2-4,7H2,1H3,(H,17,18). The molecule has 0 aromatic heterocycles. The Balaban J connectivity index is 2.26. The molecule has 1 saturated heterocycles. The van der Waals surface area contributed by atoms with Gasteiger partial charge in [-0.1, -0.05) is 0 Å². The quantitative estimate of drug-likeness (QED) is 0.885. The Hall–Kier alpha value is -1.67. The largest absolute Gasteiger partial charge is 0.480 e. The first kappa shape index (κ1) is 15.7. The second-order valence-electron chi connectivity index (χ2n) is 5.03. The van der Waals surface area contributed by atoms with Gasteiger partial charge < -0.3 is 5.11 Å². The maximum absolute atomic E-state index is 13.0. The lowest BCUT2D eigenvalue weighted by molar-refractivity contribution is -0.142. The third kappa shape index (κ3) is 3.51. The van der Waals surface area contributed by atoms with Crippen LogP contribution in [-0.4, -0.2) is 36.4 Å². The van der Waals surface area contributed by atoms with Gasteiger partial charge in [0, 0.05) is 6.54 Å². The van der Waals surface area contributed by atoms with E-state index in [1.54, 1.807) is 6.92 Å². The number of aryl methyl sites for hydroxylation is 1. The normalized spacial score (nSPS) is 20.2. The summed E-state index contributed by atoms with van der Waals surface area (Å²) in [5, 5.41) is 9.15. The number of hydrogen-bond acceptors (Lipinski definition) is 3. The van der Waals surface area contributed by atoms with Crippen molar-refractivity contribution in [3.8, 4) is 0 Å². The number of carboxylic acid groups (broad SMARTS) is 1. The number of rotatable bonds is 4. The summed E-state index contributed by atoms with van der Waals surface area (Å²) >= 11 is 0. The first-order valence-electron chi connectivity index (χ1n) is 6.60. The van der Waals surface area contributed by atoms with Gasteiger partial charge in [-0.25, -0.2) is 4.39 Å². The van der Waals surface area contributed by atoms with E-state index in [1.165, 1.54) is 12.1 Å². The van der Waals surface area contributed by atoms with Crippen molar-refractivity contribution < 1.29 is 22.7 Å². The zero-order valence-electron chi connectivity index (χ0n) is 11.5. The number of benzene rings is 1. The molecule has 2 rings (SSSR count). The first-order valence-corrected chi connectivity index (χ1v) is 8.04. The van der Waals surface area contributed by atoms with Crippen LogP contribution in [0.15, 0.2) is 18.2 Å². The van der Waals surface area contributed by atoms with Crippen LogP contribution < -0.4 is 4.72 Å². The van der Waals surface area contributed by atoms with Gasteiger partial charge in [-0.3, -0.25) is 9.52 Å².